The Labute approximate surface area is 169 Å². The third kappa shape index (κ3) is 7.73. The first-order chi connectivity index (χ1) is 13.8. The first-order valence-corrected chi connectivity index (χ1v) is 9.45. The van der Waals surface area contributed by atoms with Crippen LogP contribution in [0.1, 0.15) is 37.0 Å². The van der Waals surface area contributed by atoms with Crippen LogP contribution in [0.3, 0.4) is 0 Å². The summed E-state index contributed by atoms with van der Waals surface area (Å²) < 4.78 is 18.2. The maximum atomic E-state index is 13.0. The first-order valence-electron chi connectivity index (χ1n) is 9.45. The summed E-state index contributed by atoms with van der Waals surface area (Å²) in [7, 11) is 0. The molecule has 0 aliphatic carbocycles. The van der Waals surface area contributed by atoms with E-state index in [2.05, 4.69) is 10.6 Å². The van der Waals surface area contributed by atoms with Crippen LogP contribution in [0.4, 0.5) is 4.39 Å². The van der Waals surface area contributed by atoms with Gasteiger partial charge in [0.1, 0.15) is 17.6 Å². The lowest BCUT2D eigenvalue weighted by Crippen LogP contribution is -2.47. The van der Waals surface area contributed by atoms with Crippen molar-refractivity contribution in [3.8, 4) is 5.75 Å². The van der Waals surface area contributed by atoms with E-state index in [0.29, 0.717) is 12.2 Å². The molecule has 2 amide bonds. The molecule has 0 bridgehead atoms. The van der Waals surface area contributed by atoms with Crippen LogP contribution in [0.5, 0.6) is 5.75 Å². The first kappa shape index (κ1) is 22.1. The van der Waals surface area contributed by atoms with Crippen molar-refractivity contribution >= 4 is 17.8 Å². The number of benzene rings is 2. The molecule has 7 heteroatoms. The van der Waals surface area contributed by atoms with Crippen molar-refractivity contribution < 1.29 is 23.5 Å². The lowest BCUT2D eigenvalue weighted by molar-refractivity contribution is -0.134. The van der Waals surface area contributed by atoms with E-state index in [1.54, 1.807) is 24.3 Å². The summed E-state index contributed by atoms with van der Waals surface area (Å²) in [5.74, 6) is -1.17. The molecule has 0 aliphatic rings. The molecule has 0 saturated heterocycles. The van der Waals surface area contributed by atoms with Crippen molar-refractivity contribution in [2.24, 2.45) is 5.92 Å². The van der Waals surface area contributed by atoms with Crippen molar-refractivity contribution in [1.29, 1.82) is 0 Å². The van der Waals surface area contributed by atoms with E-state index in [4.69, 9.17) is 4.74 Å². The Morgan fingerprint density at radius 2 is 1.66 bits per heavy atom. The number of para-hydroxylation sites is 1. The number of rotatable bonds is 9. The lowest BCUT2D eigenvalue weighted by Gasteiger charge is -2.20. The Morgan fingerprint density at radius 1 is 1.00 bits per heavy atom. The van der Waals surface area contributed by atoms with E-state index in [9.17, 15) is 18.8 Å². The number of nitrogens with one attached hydrogen (secondary N) is 2. The number of amides is 2. The van der Waals surface area contributed by atoms with Gasteiger partial charge in [0, 0.05) is 12.1 Å². The van der Waals surface area contributed by atoms with Crippen molar-refractivity contribution in [3.63, 3.8) is 0 Å². The summed E-state index contributed by atoms with van der Waals surface area (Å²) in [5.41, 5.74) is 0.263. The van der Waals surface area contributed by atoms with E-state index in [0.717, 1.165) is 0 Å². The Morgan fingerprint density at radius 3 is 2.28 bits per heavy atom. The average molecular weight is 400 g/mol. The molecule has 29 heavy (non-hydrogen) atoms. The third-order valence-corrected chi connectivity index (χ3v) is 4.04. The zero-order chi connectivity index (χ0) is 21.2. The Hall–Kier alpha value is -3.22. The van der Waals surface area contributed by atoms with Gasteiger partial charge in [0.15, 0.2) is 0 Å². The minimum atomic E-state index is -0.766. The van der Waals surface area contributed by atoms with Crippen LogP contribution < -0.4 is 15.4 Å². The molecule has 2 aromatic carbocycles. The van der Waals surface area contributed by atoms with Crippen molar-refractivity contribution in [3.05, 3.63) is 66.0 Å². The van der Waals surface area contributed by atoms with Crippen LogP contribution in [0.2, 0.25) is 0 Å². The largest absolute Gasteiger partial charge is 0.426 e. The van der Waals surface area contributed by atoms with E-state index < -0.39 is 23.7 Å². The fourth-order valence-corrected chi connectivity index (χ4v) is 2.63. The minimum absolute atomic E-state index is 0.000934. The van der Waals surface area contributed by atoms with Crippen LogP contribution >= 0.6 is 0 Å². The number of ether oxygens (including phenoxy) is 1. The molecule has 0 aromatic heterocycles. The number of halogens is 1. The SMILES string of the molecule is CC(C)C[C@H](NC(=O)c1ccc(F)cc1)C(=O)NCCC(=O)Oc1ccccc1. The summed E-state index contributed by atoms with van der Waals surface area (Å²) >= 11 is 0. The lowest BCUT2D eigenvalue weighted by atomic mass is 10.0. The highest BCUT2D eigenvalue weighted by Crippen LogP contribution is 2.10. The molecule has 0 fully saturated rings. The van der Waals surface area contributed by atoms with Crippen LogP contribution in [0.15, 0.2) is 54.6 Å². The molecular formula is C22H25FN2O4. The fraction of sp³-hybridized carbons (Fsp3) is 0.318. The molecule has 0 heterocycles. The predicted octanol–water partition coefficient (Wildman–Crippen LogP) is 3.08. The fourth-order valence-electron chi connectivity index (χ4n) is 2.63. The second-order valence-corrected chi connectivity index (χ2v) is 6.99. The number of carbonyl (C=O) groups is 3. The van der Waals surface area contributed by atoms with Crippen LogP contribution in [-0.4, -0.2) is 30.4 Å². The van der Waals surface area contributed by atoms with Crippen LogP contribution in [-0.2, 0) is 9.59 Å². The number of esters is 1. The third-order valence-electron chi connectivity index (χ3n) is 4.04. The van der Waals surface area contributed by atoms with E-state index in [1.807, 2.05) is 19.9 Å². The van der Waals surface area contributed by atoms with Gasteiger partial charge in [0.2, 0.25) is 5.91 Å². The molecule has 6 nitrogen and oxygen atoms in total. The number of carbonyl (C=O) groups excluding carboxylic acids is 3. The van der Waals surface area contributed by atoms with Crippen molar-refractivity contribution in [1.82, 2.24) is 10.6 Å². The van der Waals surface area contributed by atoms with E-state index >= 15 is 0 Å². The molecule has 0 unspecified atom stereocenters. The zero-order valence-electron chi connectivity index (χ0n) is 16.5. The summed E-state index contributed by atoms with van der Waals surface area (Å²) in [6, 6.07) is 13.0. The molecule has 1 atom stereocenters. The van der Waals surface area contributed by atoms with Gasteiger partial charge < -0.3 is 15.4 Å². The molecule has 154 valence electrons. The predicted molar refractivity (Wildman–Crippen MR) is 107 cm³/mol. The second-order valence-electron chi connectivity index (χ2n) is 6.99. The standard InChI is InChI=1S/C22H25FN2O4/c1-15(2)14-19(25-21(27)16-8-10-17(23)11-9-16)22(28)24-13-12-20(26)29-18-6-4-3-5-7-18/h3-11,15,19H,12-14H2,1-2H3,(H,24,28)(H,25,27)/t19-/m0/s1. The Bertz CT molecular complexity index is 822. The smallest absolute Gasteiger partial charge is 0.312 e. The maximum Gasteiger partial charge on any atom is 0.312 e. The normalized spacial score (nSPS) is 11.6. The molecule has 0 spiro atoms. The van der Waals surface area contributed by atoms with Crippen LogP contribution in [0.25, 0.3) is 0 Å². The highest BCUT2D eigenvalue weighted by molar-refractivity contribution is 5.97. The highest BCUT2D eigenvalue weighted by atomic mass is 19.1. The molecule has 2 aromatic rings. The Kier molecular flexibility index (Phi) is 8.33. The summed E-state index contributed by atoms with van der Waals surface area (Å²) in [4.78, 5) is 36.7. The van der Waals surface area contributed by atoms with Gasteiger partial charge in [-0.2, -0.15) is 0 Å². The van der Waals surface area contributed by atoms with Gasteiger partial charge >= 0.3 is 5.97 Å². The zero-order valence-corrected chi connectivity index (χ0v) is 16.5. The van der Waals surface area contributed by atoms with Gasteiger partial charge in [-0.25, -0.2) is 4.39 Å². The minimum Gasteiger partial charge on any atom is -0.426 e. The highest BCUT2D eigenvalue weighted by Gasteiger charge is 2.22. The topological polar surface area (TPSA) is 84.5 Å². The molecule has 2 rings (SSSR count). The summed E-state index contributed by atoms with van der Waals surface area (Å²) in [6.07, 6.45) is 0.425. The molecule has 0 radical (unpaired) electrons. The second kappa shape index (κ2) is 10.9. The molecule has 0 saturated carbocycles. The number of hydrogen-bond donors (Lipinski definition) is 2. The average Bonchev–Trinajstić information content (AvgIpc) is 2.68. The van der Waals surface area contributed by atoms with Gasteiger partial charge in [0.25, 0.3) is 5.91 Å². The van der Waals surface area contributed by atoms with Gasteiger partial charge in [-0.3, -0.25) is 14.4 Å². The van der Waals surface area contributed by atoms with E-state index in [-0.39, 0.29) is 30.4 Å². The van der Waals surface area contributed by atoms with E-state index in [1.165, 1.54) is 24.3 Å². The van der Waals surface area contributed by atoms with Gasteiger partial charge in [-0.05, 0) is 48.7 Å². The number of hydrogen-bond acceptors (Lipinski definition) is 4. The van der Waals surface area contributed by atoms with Crippen LogP contribution in [0, 0.1) is 11.7 Å². The molecular weight excluding hydrogens is 375 g/mol. The summed E-state index contributed by atoms with van der Waals surface area (Å²) in [5, 5.41) is 5.33. The Balaban J connectivity index is 1.86. The maximum absolute atomic E-state index is 13.0. The van der Waals surface area contributed by atoms with Crippen molar-refractivity contribution in [2.75, 3.05) is 6.54 Å². The quantitative estimate of drug-likeness (QED) is 0.500. The summed E-state index contributed by atoms with van der Waals surface area (Å²) in [6.45, 7) is 3.95. The van der Waals surface area contributed by atoms with Gasteiger partial charge in [0.05, 0.1) is 6.42 Å². The van der Waals surface area contributed by atoms with Crippen molar-refractivity contribution in [2.45, 2.75) is 32.7 Å². The van der Waals surface area contributed by atoms with Gasteiger partial charge in [-0.1, -0.05) is 32.0 Å². The molecule has 2 N–H and O–H groups in total. The monoisotopic (exact) mass is 400 g/mol. The molecule has 0 aliphatic heterocycles. The van der Waals surface area contributed by atoms with Gasteiger partial charge in [-0.15, -0.1) is 0 Å².